The van der Waals surface area contributed by atoms with E-state index in [1.165, 1.54) is 0 Å². The summed E-state index contributed by atoms with van der Waals surface area (Å²) in [6, 6.07) is 1.63. The molecule has 3 aromatic rings. The number of nitro groups is 4. The van der Waals surface area contributed by atoms with Crippen LogP contribution in [-0.2, 0) is 38.6 Å². The van der Waals surface area contributed by atoms with Crippen LogP contribution in [0.4, 0.5) is 11.4 Å². The highest BCUT2D eigenvalue weighted by molar-refractivity contribution is 5.99. The van der Waals surface area contributed by atoms with Crippen LogP contribution in [-0.4, -0.2) is 39.0 Å². The molecule has 0 spiro atoms. The smallest absolute Gasteiger partial charge is 0.338 e. The summed E-state index contributed by atoms with van der Waals surface area (Å²) in [5, 5.41) is 50.6. The zero-order chi connectivity index (χ0) is 38.3. The topological polar surface area (TPSA) is 208 Å². The SMILES string of the molecule is CCC1=C(CC)c2nc1c(CC)c1c(CC)c(CC)c(cc3nc(c([N+](=O)[O-])c4c([N+](=O)[O-])c(CC)c(c2CC)n4[N+](=O)[O-])C([N+](=O)[O-])=C3)n1CC.Cl. The van der Waals surface area contributed by atoms with E-state index >= 15 is 0 Å². The molecule has 8 bridgehead atoms. The molecule has 16 nitrogen and oxygen atoms in total. The highest BCUT2D eigenvalue weighted by Crippen LogP contribution is 2.45. The predicted molar refractivity (Wildman–Crippen MR) is 206 cm³/mol. The number of halogens is 1. The molecule has 0 radical (unpaired) electrons. The second kappa shape index (κ2) is 15.6. The van der Waals surface area contributed by atoms with E-state index in [0.717, 1.165) is 45.1 Å². The van der Waals surface area contributed by atoms with Crippen molar-refractivity contribution >= 4 is 68.8 Å². The van der Waals surface area contributed by atoms with E-state index in [9.17, 15) is 40.5 Å². The maximum atomic E-state index is 13.1. The first-order valence-corrected chi connectivity index (χ1v) is 17.7. The van der Waals surface area contributed by atoms with Gasteiger partial charge in [0.05, 0.1) is 42.9 Å². The van der Waals surface area contributed by atoms with Gasteiger partial charge >= 0.3 is 17.1 Å². The van der Waals surface area contributed by atoms with Crippen LogP contribution in [0.15, 0.2) is 6.07 Å². The molecule has 2 aliphatic heterocycles. The molecule has 0 N–H and O–H groups in total. The average Bonchev–Trinajstić information content (AvgIpc) is 3.85. The quantitative estimate of drug-likeness (QED) is 0.127. The molecule has 5 rings (SSSR count). The Bertz CT molecular complexity index is 2320. The van der Waals surface area contributed by atoms with Crippen LogP contribution in [0, 0.1) is 40.5 Å². The van der Waals surface area contributed by atoms with Crippen LogP contribution in [0.2, 0.25) is 0 Å². The van der Waals surface area contributed by atoms with Crippen molar-refractivity contribution in [1.82, 2.24) is 19.2 Å². The molecule has 0 aromatic carbocycles. The molecule has 282 valence electrons. The lowest BCUT2D eigenvalue weighted by atomic mass is 9.93. The van der Waals surface area contributed by atoms with Crippen molar-refractivity contribution in [1.29, 1.82) is 0 Å². The Hall–Kier alpha value is -5.51. The van der Waals surface area contributed by atoms with Crippen molar-refractivity contribution in [3.05, 3.63) is 97.1 Å². The maximum absolute atomic E-state index is 13.1. The van der Waals surface area contributed by atoms with Gasteiger partial charge in [-0.3, -0.25) is 30.3 Å². The van der Waals surface area contributed by atoms with E-state index in [4.69, 9.17) is 4.98 Å². The van der Waals surface area contributed by atoms with E-state index in [0.29, 0.717) is 60.1 Å². The Morgan fingerprint density at radius 3 is 1.49 bits per heavy atom. The van der Waals surface area contributed by atoms with E-state index in [2.05, 4.69) is 16.5 Å². The van der Waals surface area contributed by atoms with Gasteiger partial charge in [-0.2, -0.15) is 0 Å². The van der Waals surface area contributed by atoms with Crippen LogP contribution < -0.4 is 0 Å². The monoisotopic (exact) mass is 750 g/mol. The van der Waals surface area contributed by atoms with Crippen molar-refractivity contribution in [2.24, 2.45) is 0 Å². The van der Waals surface area contributed by atoms with Gasteiger partial charge in [0.15, 0.2) is 5.03 Å². The zero-order valence-corrected chi connectivity index (χ0v) is 31.9. The van der Waals surface area contributed by atoms with Gasteiger partial charge in [0.25, 0.3) is 5.52 Å². The Morgan fingerprint density at radius 1 is 0.566 bits per heavy atom. The lowest BCUT2D eigenvalue weighted by Gasteiger charge is -2.11. The van der Waals surface area contributed by atoms with Gasteiger partial charge in [-0.1, -0.05) is 48.5 Å². The van der Waals surface area contributed by atoms with Gasteiger partial charge in [-0.25, -0.2) is 20.1 Å². The van der Waals surface area contributed by atoms with E-state index in [1.807, 2.05) is 34.6 Å². The molecular weight excluding hydrogens is 708 g/mol. The highest BCUT2D eigenvalue weighted by atomic mass is 35.5. The minimum Gasteiger partial charge on any atom is -0.341 e. The van der Waals surface area contributed by atoms with Crippen LogP contribution in [0.3, 0.4) is 0 Å². The lowest BCUT2D eigenvalue weighted by molar-refractivity contribution is -0.534. The molecule has 0 unspecified atom stereocenters. The Labute approximate surface area is 311 Å². The van der Waals surface area contributed by atoms with Crippen LogP contribution in [0.25, 0.3) is 45.0 Å². The third-order valence-corrected chi connectivity index (χ3v) is 10.1. The first-order valence-electron chi connectivity index (χ1n) is 17.7. The summed E-state index contributed by atoms with van der Waals surface area (Å²) < 4.78 is 2.48. The Kier molecular flexibility index (Phi) is 11.9. The van der Waals surface area contributed by atoms with Gasteiger partial charge in [-0.05, 0) is 84.9 Å². The standard InChI is InChI=1S/C36H42N8O8.ClH/c1-9-20-23(12-4)32-24(13-5)29-21(10-2)22(11-3)30(38-29)25(14-6)33-26(15-7)34(42(47)48)36(40(33)44(51)52)35(43(49)50)31-28(41(45)46)18-19(37-31)17-27(20)39(32)16-8;/h17-18H,9-16H2,1-8H3;1H. The molecule has 0 amide bonds. The number of allylic oxidation sites excluding steroid dienone is 2. The summed E-state index contributed by atoms with van der Waals surface area (Å²) in [5.74, 6) is 0. The normalized spacial score (nSPS) is 12.5. The average molecular weight is 751 g/mol. The highest BCUT2D eigenvalue weighted by Gasteiger charge is 2.43. The van der Waals surface area contributed by atoms with Crippen LogP contribution in [0.5, 0.6) is 0 Å². The van der Waals surface area contributed by atoms with E-state index in [1.54, 1.807) is 19.9 Å². The fraction of sp³-hybridized carbons (Fsp3) is 0.444. The van der Waals surface area contributed by atoms with Crippen molar-refractivity contribution in [2.45, 2.75) is 107 Å². The third-order valence-electron chi connectivity index (χ3n) is 10.1. The number of aromatic nitrogens is 4. The maximum Gasteiger partial charge on any atom is 0.338 e. The molecule has 2 aliphatic rings. The molecule has 3 aromatic heterocycles. The largest absolute Gasteiger partial charge is 0.341 e. The summed E-state index contributed by atoms with van der Waals surface area (Å²) in [6.45, 7) is 15.9. The van der Waals surface area contributed by atoms with E-state index in [-0.39, 0.29) is 42.0 Å². The fourth-order valence-electron chi connectivity index (χ4n) is 8.10. The lowest BCUT2D eigenvalue weighted by Crippen LogP contribution is -2.12. The summed E-state index contributed by atoms with van der Waals surface area (Å²) in [4.78, 5) is 58.4. The minimum atomic E-state index is -1.21. The summed E-state index contributed by atoms with van der Waals surface area (Å²) in [7, 11) is 0. The molecule has 5 heterocycles. The molecule has 0 saturated carbocycles. The number of hydrogen-bond acceptors (Lipinski definition) is 10. The van der Waals surface area contributed by atoms with Gasteiger partial charge in [0, 0.05) is 29.3 Å². The van der Waals surface area contributed by atoms with Gasteiger partial charge < -0.3 is 4.57 Å². The zero-order valence-electron chi connectivity index (χ0n) is 31.1. The Balaban J connectivity index is 0.00000627. The minimum absolute atomic E-state index is 0. The molecule has 0 saturated heterocycles. The summed E-state index contributed by atoms with van der Waals surface area (Å²) in [6.07, 6.45) is 4.03. The van der Waals surface area contributed by atoms with Crippen molar-refractivity contribution in [3.8, 4) is 0 Å². The number of nitrogens with zero attached hydrogens (tertiary/aromatic N) is 8. The molecular formula is C36H43ClN8O8. The number of rotatable bonds is 12. The Morgan fingerprint density at radius 2 is 1.08 bits per heavy atom. The van der Waals surface area contributed by atoms with Gasteiger partial charge in [0.2, 0.25) is 5.69 Å². The van der Waals surface area contributed by atoms with Crippen LogP contribution >= 0.6 is 12.4 Å². The molecule has 0 aliphatic carbocycles. The molecule has 53 heavy (non-hydrogen) atoms. The number of hydrogen-bond donors (Lipinski definition) is 0. The molecule has 17 heteroatoms. The van der Waals surface area contributed by atoms with E-state index < -0.39 is 48.1 Å². The second-order valence-corrected chi connectivity index (χ2v) is 12.4. The summed E-state index contributed by atoms with van der Waals surface area (Å²) >= 11 is 0. The van der Waals surface area contributed by atoms with Crippen molar-refractivity contribution < 1.29 is 19.8 Å². The van der Waals surface area contributed by atoms with Gasteiger partial charge in [-0.15, -0.1) is 12.4 Å². The van der Waals surface area contributed by atoms with Gasteiger partial charge in [0.1, 0.15) is 5.52 Å². The molecule has 0 fully saturated rings. The van der Waals surface area contributed by atoms with Crippen molar-refractivity contribution in [2.75, 3.05) is 0 Å². The third kappa shape index (κ3) is 6.13. The summed E-state index contributed by atoms with van der Waals surface area (Å²) in [5.41, 5.74) is 2.93. The predicted octanol–water partition coefficient (Wildman–Crippen LogP) is 8.88. The number of fused-ring (bicyclic) bond motifs is 8. The first kappa shape index (κ1) is 40.3. The first-order chi connectivity index (χ1) is 24.8. The number of aryl methyl sites for hydroxylation is 6. The fourth-order valence-corrected chi connectivity index (χ4v) is 8.10. The second-order valence-electron chi connectivity index (χ2n) is 12.4. The van der Waals surface area contributed by atoms with Crippen LogP contribution in [0.1, 0.15) is 119 Å². The molecule has 0 atom stereocenters. The van der Waals surface area contributed by atoms with Crippen molar-refractivity contribution in [3.63, 3.8) is 0 Å².